The summed E-state index contributed by atoms with van der Waals surface area (Å²) in [5.41, 5.74) is 0.966. The minimum absolute atomic E-state index is 0.220. The molecule has 1 unspecified atom stereocenters. The fourth-order valence-electron chi connectivity index (χ4n) is 2.10. The summed E-state index contributed by atoms with van der Waals surface area (Å²) in [6.45, 7) is 2.44. The van der Waals surface area contributed by atoms with Gasteiger partial charge in [-0.1, -0.05) is 30.3 Å². The standard InChI is InChI=1S/C17H21N3O3/c1-13(21)9-10-18-17(23)19-15-8-5-11-20(16(15)22)12-14-6-3-2-4-7-14/h2-8,11,13,21H,9-10,12H2,1H3,(H2,18,19,23). The minimum Gasteiger partial charge on any atom is -0.393 e. The Balaban J connectivity index is 2.02. The summed E-state index contributed by atoms with van der Waals surface area (Å²) in [4.78, 5) is 24.1. The molecule has 1 aromatic carbocycles. The van der Waals surface area contributed by atoms with Gasteiger partial charge in [0.25, 0.3) is 5.56 Å². The lowest BCUT2D eigenvalue weighted by Crippen LogP contribution is -2.34. The van der Waals surface area contributed by atoms with E-state index in [1.807, 2.05) is 30.3 Å². The predicted octanol–water partition coefficient (Wildman–Crippen LogP) is 1.79. The number of benzene rings is 1. The summed E-state index contributed by atoms with van der Waals surface area (Å²) in [5, 5.41) is 14.3. The number of rotatable bonds is 6. The van der Waals surface area contributed by atoms with Gasteiger partial charge in [-0.15, -0.1) is 0 Å². The molecule has 0 aliphatic carbocycles. The zero-order valence-corrected chi connectivity index (χ0v) is 13.0. The van der Waals surface area contributed by atoms with Gasteiger partial charge in [0.2, 0.25) is 0 Å². The third kappa shape index (κ3) is 5.27. The molecule has 2 aromatic rings. The lowest BCUT2D eigenvalue weighted by molar-refractivity contribution is 0.184. The number of amides is 2. The normalized spacial score (nSPS) is 11.7. The summed E-state index contributed by atoms with van der Waals surface area (Å²) in [6, 6.07) is 12.5. The zero-order valence-electron chi connectivity index (χ0n) is 13.0. The Morgan fingerprint density at radius 3 is 2.65 bits per heavy atom. The molecule has 0 saturated heterocycles. The van der Waals surface area contributed by atoms with Crippen molar-refractivity contribution >= 4 is 11.7 Å². The molecule has 0 bridgehead atoms. The second-order valence-corrected chi connectivity index (χ2v) is 5.36. The smallest absolute Gasteiger partial charge is 0.319 e. The molecule has 2 rings (SSSR count). The van der Waals surface area contributed by atoms with Gasteiger partial charge in [0.05, 0.1) is 12.6 Å². The molecule has 0 spiro atoms. The van der Waals surface area contributed by atoms with Crippen LogP contribution in [0.2, 0.25) is 0 Å². The maximum Gasteiger partial charge on any atom is 0.319 e. The number of hydrogen-bond donors (Lipinski definition) is 3. The van der Waals surface area contributed by atoms with Crippen LogP contribution in [-0.2, 0) is 6.54 Å². The number of nitrogens with zero attached hydrogens (tertiary/aromatic N) is 1. The van der Waals surface area contributed by atoms with E-state index in [-0.39, 0.29) is 11.2 Å². The van der Waals surface area contributed by atoms with Crippen molar-refractivity contribution in [1.29, 1.82) is 0 Å². The van der Waals surface area contributed by atoms with Crippen molar-refractivity contribution in [3.8, 4) is 0 Å². The van der Waals surface area contributed by atoms with Gasteiger partial charge >= 0.3 is 6.03 Å². The van der Waals surface area contributed by atoms with E-state index in [0.717, 1.165) is 5.56 Å². The van der Waals surface area contributed by atoms with E-state index in [2.05, 4.69) is 10.6 Å². The van der Waals surface area contributed by atoms with Crippen molar-refractivity contribution in [3.05, 3.63) is 64.6 Å². The Bertz CT molecular complexity index is 696. The second-order valence-electron chi connectivity index (χ2n) is 5.36. The van der Waals surface area contributed by atoms with E-state index in [1.54, 1.807) is 29.8 Å². The van der Waals surface area contributed by atoms with Crippen LogP contribution in [0.15, 0.2) is 53.5 Å². The van der Waals surface area contributed by atoms with E-state index >= 15 is 0 Å². The van der Waals surface area contributed by atoms with E-state index in [4.69, 9.17) is 5.11 Å². The van der Waals surface area contributed by atoms with Crippen LogP contribution in [0.1, 0.15) is 18.9 Å². The molecular weight excluding hydrogens is 294 g/mol. The highest BCUT2D eigenvalue weighted by Crippen LogP contribution is 2.03. The SMILES string of the molecule is CC(O)CCNC(=O)Nc1cccn(Cc2ccccc2)c1=O. The molecule has 6 nitrogen and oxygen atoms in total. The van der Waals surface area contributed by atoms with Gasteiger partial charge in [-0.3, -0.25) is 4.79 Å². The molecule has 23 heavy (non-hydrogen) atoms. The molecule has 122 valence electrons. The van der Waals surface area contributed by atoms with Gasteiger partial charge in [0, 0.05) is 12.7 Å². The van der Waals surface area contributed by atoms with Gasteiger partial charge in [-0.25, -0.2) is 4.79 Å². The molecule has 0 radical (unpaired) electrons. The fourth-order valence-corrected chi connectivity index (χ4v) is 2.10. The molecule has 3 N–H and O–H groups in total. The number of carbonyl (C=O) groups is 1. The molecular formula is C17H21N3O3. The largest absolute Gasteiger partial charge is 0.393 e. The Kier molecular flexibility index (Phi) is 5.94. The Labute approximate surface area is 134 Å². The van der Waals surface area contributed by atoms with E-state index < -0.39 is 12.1 Å². The Morgan fingerprint density at radius 1 is 1.22 bits per heavy atom. The van der Waals surface area contributed by atoms with Crippen LogP contribution in [0.3, 0.4) is 0 Å². The summed E-state index contributed by atoms with van der Waals surface area (Å²) in [5.74, 6) is 0. The highest BCUT2D eigenvalue weighted by Gasteiger charge is 2.07. The number of pyridine rings is 1. The minimum atomic E-state index is -0.477. The predicted molar refractivity (Wildman–Crippen MR) is 89.6 cm³/mol. The van der Waals surface area contributed by atoms with Crippen molar-refractivity contribution in [2.45, 2.75) is 26.0 Å². The number of aromatic nitrogens is 1. The van der Waals surface area contributed by atoms with Crippen LogP contribution >= 0.6 is 0 Å². The highest BCUT2D eigenvalue weighted by atomic mass is 16.3. The number of urea groups is 1. The Hall–Kier alpha value is -2.60. The first-order chi connectivity index (χ1) is 11.1. The summed E-state index contributed by atoms with van der Waals surface area (Å²) >= 11 is 0. The third-order valence-corrected chi connectivity index (χ3v) is 3.31. The monoisotopic (exact) mass is 315 g/mol. The highest BCUT2D eigenvalue weighted by molar-refractivity contribution is 5.88. The van der Waals surface area contributed by atoms with Gasteiger partial charge in [0.1, 0.15) is 5.69 Å². The first-order valence-electron chi connectivity index (χ1n) is 7.52. The Morgan fingerprint density at radius 2 is 1.96 bits per heavy atom. The van der Waals surface area contributed by atoms with Crippen LogP contribution in [-0.4, -0.2) is 28.4 Å². The van der Waals surface area contributed by atoms with Crippen LogP contribution < -0.4 is 16.2 Å². The summed E-state index contributed by atoms with van der Waals surface area (Å²) < 4.78 is 1.54. The van der Waals surface area contributed by atoms with Crippen molar-refractivity contribution in [2.75, 3.05) is 11.9 Å². The van der Waals surface area contributed by atoms with Gasteiger partial charge in [-0.05, 0) is 31.0 Å². The van der Waals surface area contributed by atoms with Crippen LogP contribution in [0.25, 0.3) is 0 Å². The molecule has 1 heterocycles. The molecule has 2 amide bonds. The lowest BCUT2D eigenvalue weighted by atomic mass is 10.2. The van der Waals surface area contributed by atoms with Crippen LogP contribution in [0.5, 0.6) is 0 Å². The topological polar surface area (TPSA) is 83.4 Å². The zero-order chi connectivity index (χ0) is 16.7. The number of aliphatic hydroxyl groups excluding tert-OH is 1. The van der Waals surface area contributed by atoms with Crippen LogP contribution in [0.4, 0.5) is 10.5 Å². The van der Waals surface area contributed by atoms with Crippen LogP contribution in [0, 0.1) is 0 Å². The molecule has 0 aliphatic rings. The average Bonchev–Trinajstić information content (AvgIpc) is 2.52. The molecule has 6 heteroatoms. The van der Waals surface area contributed by atoms with E-state index in [0.29, 0.717) is 19.5 Å². The number of carbonyl (C=O) groups excluding carboxylic acids is 1. The summed E-state index contributed by atoms with van der Waals surface area (Å²) in [6.07, 6.45) is 1.67. The molecule has 0 aliphatic heterocycles. The maximum atomic E-state index is 12.4. The van der Waals surface area contributed by atoms with Gasteiger partial charge < -0.3 is 20.3 Å². The number of nitrogens with one attached hydrogen (secondary N) is 2. The molecule has 0 fully saturated rings. The molecule has 0 saturated carbocycles. The molecule has 1 aromatic heterocycles. The number of anilines is 1. The fraction of sp³-hybridized carbons (Fsp3) is 0.294. The average molecular weight is 315 g/mol. The lowest BCUT2D eigenvalue weighted by Gasteiger charge is -2.10. The summed E-state index contributed by atoms with van der Waals surface area (Å²) in [7, 11) is 0. The first-order valence-corrected chi connectivity index (χ1v) is 7.52. The van der Waals surface area contributed by atoms with Gasteiger partial charge in [-0.2, -0.15) is 0 Å². The van der Waals surface area contributed by atoms with Crippen molar-refractivity contribution in [1.82, 2.24) is 9.88 Å². The first kappa shape index (κ1) is 16.8. The van der Waals surface area contributed by atoms with E-state index in [1.165, 1.54) is 0 Å². The molecule has 1 atom stereocenters. The third-order valence-electron chi connectivity index (χ3n) is 3.31. The van der Waals surface area contributed by atoms with Gasteiger partial charge in [0.15, 0.2) is 0 Å². The van der Waals surface area contributed by atoms with Crippen molar-refractivity contribution < 1.29 is 9.90 Å². The van der Waals surface area contributed by atoms with Crippen molar-refractivity contribution in [3.63, 3.8) is 0 Å². The quantitative estimate of drug-likeness (QED) is 0.760. The van der Waals surface area contributed by atoms with Crippen molar-refractivity contribution in [2.24, 2.45) is 0 Å². The second kappa shape index (κ2) is 8.14. The van der Waals surface area contributed by atoms with E-state index in [9.17, 15) is 9.59 Å². The number of aliphatic hydroxyl groups is 1. The number of hydrogen-bond acceptors (Lipinski definition) is 3. The maximum absolute atomic E-state index is 12.4.